The van der Waals surface area contributed by atoms with Crippen LogP contribution in [0.3, 0.4) is 0 Å². The van der Waals surface area contributed by atoms with Gasteiger partial charge in [0.1, 0.15) is 0 Å². The molecular formula is C22H14ClN. The van der Waals surface area contributed by atoms with E-state index in [1.165, 1.54) is 38.0 Å². The minimum Gasteiger partial charge on any atom is -0.354 e. The molecule has 5 aromatic rings. The van der Waals surface area contributed by atoms with Gasteiger partial charge >= 0.3 is 0 Å². The van der Waals surface area contributed by atoms with Crippen LogP contribution < -0.4 is 0 Å². The molecule has 4 aromatic carbocycles. The average Bonchev–Trinajstić information content (AvgIpc) is 3.06. The molecule has 0 bridgehead atoms. The van der Waals surface area contributed by atoms with Crippen LogP contribution in [0.15, 0.2) is 78.9 Å². The van der Waals surface area contributed by atoms with E-state index in [0.717, 1.165) is 10.7 Å². The maximum atomic E-state index is 6.26. The average molecular weight is 328 g/mol. The lowest BCUT2D eigenvalue weighted by molar-refractivity contribution is 1.46. The second-order valence-electron chi connectivity index (χ2n) is 6.11. The molecule has 0 atom stereocenters. The summed E-state index contributed by atoms with van der Waals surface area (Å²) in [5, 5.41) is 6.83. The molecule has 0 aliphatic heterocycles. The Hall–Kier alpha value is -2.77. The number of aromatic amines is 1. The van der Waals surface area contributed by atoms with Gasteiger partial charge in [-0.1, -0.05) is 72.3 Å². The van der Waals surface area contributed by atoms with Crippen molar-refractivity contribution in [3.8, 4) is 11.3 Å². The van der Waals surface area contributed by atoms with E-state index in [4.69, 9.17) is 11.6 Å². The first-order valence-corrected chi connectivity index (χ1v) is 8.36. The third-order valence-corrected chi connectivity index (χ3v) is 4.88. The Morgan fingerprint density at radius 2 is 1.38 bits per heavy atom. The summed E-state index contributed by atoms with van der Waals surface area (Å²) < 4.78 is 0. The Kier molecular flexibility index (Phi) is 2.91. The summed E-state index contributed by atoms with van der Waals surface area (Å²) in [5.74, 6) is 0. The molecule has 0 spiro atoms. The predicted molar refractivity (Wildman–Crippen MR) is 104 cm³/mol. The minimum atomic E-state index is 0.766. The first kappa shape index (κ1) is 13.6. The molecule has 114 valence electrons. The maximum Gasteiger partial charge on any atom is 0.0544 e. The summed E-state index contributed by atoms with van der Waals surface area (Å²) in [7, 11) is 0. The number of hydrogen-bond acceptors (Lipinski definition) is 0. The highest BCUT2D eigenvalue weighted by Gasteiger charge is 2.09. The molecule has 0 fully saturated rings. The minimum absolute atomic E-state index is 0.766. The van der Waals surface area contributed by atoms with Gasteiger partial charge in [-0.15, -0.1) is 0 Å². The molecule has 0 saturated carbocycles. The van der Waals surface area contributed by atoms with Crippen molar-refractivity contribution in [2.75, 3.05) is 0 Å². The zero-order chi connectivity index (χ0) is 16.1. The fourth-order valence-corrected chi connectivity index (χ4v) is 3.66. The van der Waals surface area contributed by atoms with Crippen molar-refractivity contribution in [1.82, 2.24) is 4.98 Å². The lowest BCUT2D eigenvalue weighted by atomic mass is 10.00. The Morgan fingerprint density at radius 1 is 0.667 bits per heavy atom. The summed E-state index contributed by atoms with van der Waals surface area (Å²) in [5.41, 5.74) is 3.50. The molecule has 0 aliphatic carbocycles. The Labute approximate surface area is 144 Å². The number of aromatic nitrogens is 1. The highest BCUT2D eigenvalue weighted by atomic mass is 35.5. The lowest BCUT2D eigenvalue weighted by Crippen LogP contribution is -1.81. The van der Waals surface area contributed by atoms with Crippen LogP contribution in [0.2, 0.25) is 5.02 Å². The first-order valence-electron chi connectivity index (χ1n) is 7.99. The van der Waals surface area contributed by atoms with Gasteiger partial charge in [0.2, 0.25) is 0 Å². The van der Waals surface area contributed by atoms with Crippen molar-refractivity contribution in [3.63, 3.8) is 0 Å². The van der Waals surface area contributed by atoms with Crippen LogP contribution >= 0.6 is 11.6 Å². The van der Waals surface area contributed by atoms with E-state index in [1.54, 1.807) is 0 Å². The van der Waals surface area contributed by atoms with Crippen LogP contribution in [0.1, 0.15) is 0 Å². The number of H-pyrrole nitrogens is 1. The summed E-state index contributed by atoms with van der Waals surface area (Å²) in [6, 6.07) is 27.4. The SMILES string of the molecule is Clc1ccc2ccc3ccc4cc(-c5ccccc5)[nH]c4c3c2c1. The summed E-state index contributed by atoms with van der Waals surface area (Å²) in [4.78, 5) is 3.62. The molecule has 0 aliphatic rings. The normalized spacial score (nSPS) is 11.5. The number of benzene rings is 4. The zero-order valence-corrected chi connectivity index (χ0v) is 13.6. The van der Waals surface area contributed by atoms with Crippen LogP contribution in [0.4, 0.5) is 0 Å². The molecule has 0 saturated heterocycles. The second-order valence-corrected chi connectivity index (χ2v) is 6.54. The van der Waals surface area contributed by atoms with E-state index < -0.39 is 0 Å². The molecule has 1 N–H and O–H groups in total. The van der Waals surface area contributed by atoms with E-state index in [-0.39, 0.29) is 0 Å². The van der Waals surface area contributed by atoms with Crippen molar-refractivity contribution < 1.29 is 0 Å². The van der Waals surface area contributed by atoms with Gasteiger partial charge in [-0.05, 0) is 39.9 Å². The third-order valence-electron chi connectivity index (χ3n) is 4.64. The van der Waals surface area contributed by atoms with E-state index in [0.29, 0.717) is 0 Å². The van der Waals surface area contributed by atoms with Crippen molar-refractivity contribution >= 4 is 44.0 Å². The Bertz CT molecular complexity index is 1200. The standard InChI is InChI=1S/C22H14ClN/c23-18-11-10-14-6-7-16-8-9-17-12-20(15-4-2-1-3-5-15)24-22(17)21(16)19(14)13-18/h1-13,24H. The molecule has 24 heavy (non-hydrogen) atoms. The molecule has 1 nitrogen and oxygen atoms in total. The van der Waals surface area contributed by atoms with Gasteiger partial charge in [0, 0.05) is 21.5 Å². The van der Waals surface area contributed by atoms with E-state index in [1.807, 2.05) is 12.1 Å². The van der Waals surface area contributed by atoms with Gasteiger partial charge in [0.25, 0.3) is 0 Å². The van der Waals surface area contributed by atoms with Gasteiger partial charge < -0.3 is 4.98 Å². The van der Waals surface area contributed by atoms with Crippen LogP contribution in [0.25, 0.3) is 43.7 Å². The molecule has 1 aromatic heterocycles. The highest BCUT2D eigenvalue weighted by Crippen LogP contribution is 2.35. The van der Waals surface area contributed by atoms with E-state index in [2.05, 4.69) is 71.7 Å². The number of halogens is 1. The largest absolute Gasteiger partial charge is 0.354 e. The zero-order valence-electron chi connectivity index (χ0n) is 12.9. The van der Waals surface area contributed by atoms with Gasteiger partial charge in [0.05, 0.1) is 5.52 Å². The predicted octanol–water partition coefficient (Wildman–Crippen LogP) is 6.79. The number of nitrogens with one attached hydrogen (secondary N) is 1. The topological polar surface area (TPSA) is 15.8 Å². The van der Waals surface area contributed by atoms with E-state index >= 15 is 0 Å². The quantitative estimate of drug-likeness (QED) is 0.326. The van der Waals surface area contributed by atoms with Gasteiger partial charge in [-0.2, -0.15) is 0 Å². The number of hydrogen-bond donors (Lipinski definition) is 1. The monoisotopic (exact) mass is 327 g/mol. The molecule has 5 rings (SSSR count). The molecule has 1 heterocycles. The van der Waals surface area contributed by atoms with Gasteiger partial charge in [0.15, 0.2) is 0 Å². The third kappa shape index (κ3) is 2.02. The fourth-order valence-electron chi connectivity index (χ4n) is 3.49. The molecule has 0 amide bonds. The summed E-state index contributed by atoms with van der Waals surface area (Å²) in [6.45, 7) is 0. The van der Waals surface area contributed by atoms with Crippen LogP contribution in [0, 0.1) is 0 Å². The number of rotatable bonds is 1. The van der Waals surface area contributed by atoms with Crippen molar-refractivity contribution in [3.05, 3.63) is 83.9 Å². The van der Waals surface area contributed by atoms with Crippen molar-refractivity contribution in [1.29, 1.82) is 0 Å². The molecule has 0 unspecified atom stereocenters. The van der Waals surface area contributed by atoms with Gasteiger partial charge in [-0.3, -0.25) is 0 Å². The Morgan fingerprint density at radius 3 is 2.21 bits per heavy atom. The molecule has 2 heteroatoms. The van der Waals surface area contributed by atoms with Crippen LogP contribution in [0.5, 0.6) is 0 Å². The molecule has 0 radical (unpaired) electrons. The van der Waals surface area contributed by atoms with Gasteiger partial charge in [-0.25, -0.2) is 0 Å². The maximum absolute atomic E-state index is 6.26. The smallest absolute Gasteiger partial charge is 0.0544 e. The lowest BCUT2D eigenvalue weighted by Gasteiger charge is -2.06. The summed E-state index contributed by atoms with van der Waals surface area (Å²) in [6.07, 6.45) is 0. The van der Waals surface area contributed by atoms with Crippen molar-refractivity contribution in [2.24, 2.45) is 0 Å². The number of fused-ring (bicyclic) bond motifs is 5. The fraction of sp³-hybridized carbons (Fsp3) is 0. The Balaban J connectivity index is 1.92. The molecular weight excluding hydrogens is 314 g/mol. The second kappa shape index (κ2) is 5.12. The highest BCUT2D eigenvalue weighted by molar-refractivity contribution is 6.32. The van der Waals surface area contributed by atoms with E-state index in [9.17, 15) is 0 Å². The summed E-state index contributed by atoms with van der Waals surface area (Å²) >= 11 is 6.26. The van der Waals surface area contributed by atoms with Crippen LogP contribution in [-0.2, 0) is 0 Å². The van der Waals surface area contributed by atoms with Crippen LogP contribution in [-0.4, -0.2) is 4.98 Å². The first-order chi connectivity index (χ1) is 11.8. The van der Waals surface area contributed by atoms with Crippen molar-refractivity contribution in [2.45, 2.75) is 0 Å².